The van der Waals surface area contributed by atoms with Crippen LogP contribution in [0, 0.1) is 11.8 Å². The molecule has 0 saturated heterocycles. The number of nitrogens with zero attached hydrogens (tertiary/aromatic N) is 2. The average Bonchev–Trinajstić information content (AvgIpc) is 3.55. The van der Waals surface area contributed by atoms with Crippen LogP contribution in [0.25, 0.3) is 0 Å². The van der Waals surface area contributed by atoms with Crippen LogP contribution in [0.5, 0.6) is 17.2 Å². The number of benzene rings is 3. The van der Waals surface area contributed by atoms with Crippen LogP contribution in [0.15, 0.2) is 79.0 Å². The van der Waals surface area contributed by atoms with Crippen molar-refractivity contribution in [1.29, 1.82) is 0 Å². The van der Waals surface area contributed by atoms with Crippen LogP contribution in [-0.4, -0.2) is 90.0 Å². The van der Waals surface area contributed by atoms with Gasteiger partial charge in [-0.25, -0.2) is 9.59 Å². The zero-order chi connectivity index (χ0) is 46.1. The number of carbonyl (C=O) groups excluding carboxylic acids is 1. The fourth-order valence-corrected chi connectivity index (χ4v) is 10.6. The highest BCUT2D eigenvalue weighted by molar-refractivity contribution is 6.30. The fourth-order valence-electron chi connectivity index (χ4n) is 10.4. The number of halogens is 1. The minimum atomic E-state index is -1.15. The molecule has 3 aromatic carbocycles. The fraction of sp³-hybridized carbons (Fsp3) is 0.500. The topological polar surface area (TPSA) is 160 Å². The molecule has 348 valence electrons. The molecule has 13 heteroatoms. The summed E-state index contributed by atoms with van der Waals surface area (Å²) in [6.45, 7) is 6.61. The summed E-state index contributed by atoms with van der Waals surface area (Å²) in [6, 6.07) is 21.7. The van der Waals surface area contributed by atoms with Gasteiger partial charge in [-0.15, -0.1) is 0 Å². The summed E-state index contributed by atoms with van der Waals surface area (Å²) in [7, 11) is 3.93. The zero-order valence-electron chi connectivity index (χ0n) is 38.2. The van der Waals surface area contributed by atoms with Gasteiger partial charge in [0.15, 0.2) is 0 Å². The van der Waals surface area contributed by atoms with E-state index in [9.17, 15) is 24.6 Å². The maximum absolute atomic E-state index is 13.1. The number of hydrogen-bond donors (Lipinski definition) is 4. The van der Waals surface area contributed by atoms with Crippen molar-refractivity contribution in [3.63, 3.8) is 0 Å². The van der Waals surface area contributed by atoms with Gasteiger partial charge in [0.2, 0.25) is 5.91 Å². The van der Waals surface area contributed by atoms with E-state index in [0.717, 1.165) is 55.7 Å². The first-order valence-corrected chi connectivity index (χ1v) is 23.6. The van der Waals surface area contributed by atoms with E-state index in [-0.39, 0.29) is 42.6 Å². The van der Waals surface area contributed by atoms with Gasteiger partial charge in [0.1, 0.15) is 35.4 Å². The Balaban J connectivity index is 1.01. The summed E-state index contributed by atoms with van der Waals surface area (Å²) in [5.74, 6) is 0.874. The predicted octanol–water partition coefficient (Wildman–Crippen LogP) is 9.11. The molecule has 1 heterocycles. The predicted molar refractivity (Wildman–Crippen MR) is 253 cm³/mol. The third kappa shape index (κ3) is 11.7. The molecular formula is C52H65ClN4O8. The minimum absolute atomic E-state index is 0.104. The molecule has 4 atom stereocenters. The summed E-state index contributed by atoms with van der Waals surface area (Å²) in [4.78, 5) is 45.0. The third-order valence-electron chi connectivity index (χ3n) is 13.9. The Morgan fingerprint density at radius 1 is 0.938 bits per heavy atom. The lowest BCUT2D eigenvalue weighted by atomic mass is 9.59. The van der Waals surface area contributed by atoms with Crippen molar-refractivity contribution in [2.45, 2.75) is 114 Å². The highest BCUT2D eigenvalue weighted by Crippen LogP contribution is 2.57. The first kappa shape index (κ1) is 47.6. The number of pyridine rings is 1. The van der Waals surface area contributed by atoms with Gasteiger partial charge in [-0.3, -0.25) is 9.78 Å². The molecule has 0 aliphatic heterocycles. The summed E-state index contributed by atoms with van der Waals surface area (Å²) in [5, 5.41) is 27.3. The second-order valence-electron chi connectivity index (χ2n) is 18.9. The van der Waals surface area contributed by atoms with Crippen molar-refractivity contribution in [2.75, 3.05) is 45.8 Å². The van der Waals surface area contributed by atoms with Crippen LogP contribution in [0.1, 0.15) is 106 Å². The van der Waals surface area contributed by atoms with Crippen LogP contribution in [0.4, 0.5) is 5.69 Å². The van der Waals surface area contributed by atoms with Gasteiger partial charge in [0.05, 0.1) is 13.2 Å². The molecule has 3 aliphatic carbocycles. The van der Waals surface area contributed by atoms with Crippen LogP contribution < -0.4 is 24.8 Å². The lowest BCUT2D eigenvalue weighted by molar-refractivity contribution is -0.144. The Hall–Kier alpha value is -5.33. The standard InChI is InChI=1S/C52H65ClN4O8/c1-34(33-65-46-18-23-54-44-14-5-9-35(2)48(44)46)27-38-30-37-16-17-42(32-43(37)51(38)19-21-52(22-20-51,50(61)62)56-40-12-7-11-39(53)31-40)63-25-8-15-47(58)55-45(49(59)60)29-36-10-6-13-41(28-36)64-26-24-57(3)4/h6-7,10-13,16-18,23,28,31-32,34-35,38,45,56H,5,8-9,14-15,19-22,24-27,29-30,33H2,1-4H3,(H,55,58)(H,59,60)(H,61,62)/t34-,35-,38+,45?,51?,52?/m1/s1. The largest absolute Gasteiger partial charge is 0.494 e. The van der Waals surface area contributed by atoms with Gasteiger partial charge in [-0.1, -0.05) is 49.7 Å². The van der Waals surface area contributed by atoms with Crippen molar-refractivity contribution >= 4 is 35.1 Å². The number of carboxylic acid groups (broad SMARTS) is 2. The Bertz CT molecular complexity index is 2290. The Labute approximate surface area is 388 Å². The molecular weight excluding hydrogens is 844 g/mol. The van der Waals surface area contributed by atoms with Gasteiger partial charge in [-0.05, 0) is 167 Å². The SMILES string of the molecule is C[C@@H](COc1ccnc2c1[C@H](C)CCC2)C[C@H]1Cc2ccc(OCCCC(=O)NC(Cc3cccc(OCCN(C)C)c3)C(=O)O)cc2C12CCC(Nc1cccc(Cl)c1)(C(=O)O)CC2. The maximum Gasteiger partial charge on any atom is 0.329 e. The number of rotatable bonds is 21. The van der Waals surface area contributed by atoms with Gasteiger partial charge in [0.25, 0.3) is 0 Å². The Kier molecular flexibility index (Phi) is 15.6. The van der Waals surface area contributed by atoms with E-state index in [2.05, 4.69) is 41.6 Å². The van der Waals surface area contributed by atoms with Gasteiger partial charge in [0, 0.05) is 47.6 Å². The van der Waals surface area contributed by atoms with E-state index < -0.39 is 23.5 Å². The average molecular weight is 910 g/mol. The normalized spacial score (nSPS) is 22.1. The molecule has 3 aliphatic rings. The monoisotopic (exact) mass is 908 g/mol. The first-order chi connectivity index (χ1) is 31.2. The molecule has 1 saturated carbocycles. The van der Waals surface area contributed by atoms with Gasteiger partial charge < -0.3 is 40.0 Å². The number of carboxylic acids is 2. The number of anilines is 1. The highest BCUT2D eigenvalue weighted by Gasteiger charge is 2.54. The van der Waals surface area contributed by atoms with E-state index in [1.165, 1.54) is 16.7 Å². The summed E-state index contributed by atoms with van der Waals surface area (Å²) in [5.41, 5.74) is 4.88. The molecule has 1 aromatic heterocycles. The van der Waals surface area contributed by atoms with E-state index >= 15 is 0 Å². The number of aromatic nitrogens is 1. The molecule has 7 rings (SSSR count). The molecule has 1 unspecified atom stereocenters. The number of carbonyl (C=O) groups is 3. The number of hydrogen-bond acceptors (Lipinski definition) is 9. The molecule has 12 nitrogen and oxygen atoms in total. The van der Waals surface area contributed by atoms with E-state index in [4.69, 9.17) is 25.8 Å². The number of amides is 1. The Morgan fingerprint density at radius 2 is 1.71 bits per heavy atom. The number of fused-ring (bicyclic) bond motifs is 3. The van der Waals surface area contributed by atoms with Crippen LogP contribution in [0.3, 0.4) is 0 Å². The Morgan fingerprint density at radius 3 is 2.46 bits per heavy atom. The van der Waals surface area contributed by atoms with Crippen LogP contribution in [0.2, 0.25) is 5.02 Å². The lowest BCUT2D eigenvalue weighted by Gasteiger charge is -2.47. The van der Waals surface area contributed by atoms with Crippen molar-refractivity contribution in [1.82, 2.24) is 15.2 Å². The van der Waals surface area contributed by atoms with E-state index in [1.54, 1.807) is 12.1 Å². The van der Waals surface area contributed by atoms with Crippen LogP contribution >= 0.6 is 11.6 Å². The molecule has 1 fully saturated rings. The molecule has 0 bridgehead atoms. The third-order valence-corrected chi connectivity index (χ3v) is 14.1. The molecule has 65 heavy (non-hydrogen) atoms. The number of aryl methyl sites for hydroxylation is 1. The first-order valence-electron chi connectivity index (χ1n) is 23.3. The number of nitrogens with one attached hydrogen (secondary N) is 2. The minimum Gasteiger partial charge on any atom is -0.494 e. The van der Waals surface area contributed by atoms with Crippen molar-refractivity contribution in [3.8, 4) is 17.2 Å². The van der Waals surface area contributed by atoms with Gasteiger partial charge in [-0.2, -0.15) is 0 Å². The smallest absolute Gasteiger partial charge is 0.329 e. The molecule has 1 spiro atoms. The quantitative estimate of drug-likeness (QED) is 0.0591. The maximum atomic E-state index is 13.1. The number of likely N-dealkylation sites (N-methyl/N-ethyl adjacent to an activating group) is 1. The summed E-state index contributed by atoms with van der Waals surface area (Å²) >= 11 is 6.31. The summed E-state index contributed by atoms with van der Waals surface area (Å²) in [6.07, 6.45) is 9.77. The van der Waals surface area contributed by atoms with Crippen molar-refractivity contribution in [3.05, 3.63) is 112 Å². The highest BCUT2D eigenvalue weighted by atomic mass is 35.5. The number of ether oxygens (including phenoxy) is 3. The summed E-state index contributed by atoms with van der Waals surface area (Å²) < 4.78 is 18.7. The molecule has 4 N–H and O–H groups in total. The van der Waals surface area contributed by atoms with Crippen molar-refractivity contribution in [2.24, 2.45) is 11.8 Å². The zero-order valence-corrected chi connectivity index (χ0v) is 39.0. The number of aliphatic carboxylic acids is 2. The second kappa shape index (κ2) is 21.3. The van der Waals surface area contributed by atoms with Crippen LogP contribution in [-0.2, 0) is 39.1 Å². The molecule has 4 aromatic rings. The lowest BCUT2D eigenvalue weighted by Crippen LogP contribution is -2.53. The van der Waals surface area contributed by atoms with Crippen molar-refractivity contribution < 1.29 is 38.8 Å². The molecule has 1 amide bonds. The molecule has 0 radical (unpaired) electrons. The van der Waals surface area contributed by atoms with Gasteiger partial charge >= 0.3 is 11.9 Å². The van der Waals surface area contributed by atoms with E-state index in [1.807, 2.05) is 73.7 Å². The van der Waals surface area contributed by atoms with E-state index in [0.29, 0.717) is 73.4 Å². The second-order valence-corrected chi connectivity index (χ2v) is 19.4.